The second-order valence-corrected chi connectivity index (χ2v) is 12.8. The third-order valence-corrected chi connectivity index (χ3v) is 10.2. The number of allylic oxidation sites excluding steroid dienone is 3. The summed E-state index contributed by atoms with van der Waals surface area (Å²) in [5.41, 5.74) is -2.83. The number of esters is 1. The predicted molar refractivity (Wildman–Crippen MR) is 132 cm³/mol. The van der Waals surface area contributed by atoms with Gasteiger partial charge in [-0.2, -0.15) is 0 Å². The van der Waals surface area contributed by atoms with Gasteiger partial charge in [0.25, 0.3) is 0 Å². The molecule has 38 heavy (non-hydrogen) atoms. The number of phosphoric acid groups is 1. The molecule has 12 heteroatoms. The molecule has 0 aromatic carbocycles. The Morgan fingerprint density at radius 3 is 2.53 bits per heavy atom. The maximum absolute atomic E-state index is 12.7. The maximum atomic E-state index is 12.7. The SMILES string of the molecule is C[C@@]12C(=CC(=O)C=C1OC(=O)CCCCOP(=O)(O)O)CC[C@@H]1[C@@H]2[C@@H](O)C[C@@]2(C)[C@H]1CC[C@]2(O)C(=O)CO. The molecule has 5 N–H and O–H groups in total. The number of fused-ring (bicyclic) bond motifs is 5. The monoisotopic (exact) mass is 556 g/mol. The predicted octanol–water partition coefficient (Wildman–Crippen LogP) is 1.71. The van der Waals surface area contributed by atoms with Gasteiger partial charge in [-0.1, -0.05) is 12.5 Å². The highest BCUT2D eigenvalue weighted by atomic mass is 31.2. The van der Waals surface area contributed by atoms with Crippen molar-refractivity contribution < 1.29 is 53.3 Å². The molecule has 11 nitrogen and oxygen atoms in total. The molecular formula is C26H37O11P. The number of carbonyl (C=O) groups is 3. The number of ketones is 2. The highest BCUT2D eigenvalue weighted by Crippen LogP contribution is 2.68. The molecule has 0 aliphatic heterocycles. The van der Waals surface area contributed by atoms with Crippen molar-refractivity contribution in [1.82, 2.24) is 0 Å². The lowest BCUT2D eigenvalue weighted by atomic mass is 9.45. The van der Waals surface area contributed by atoms with Crippen molar-refractivity contribution in [3.8, 4) is 0 Å². The van der Waals surface area contributed by atoms with Gasteiger partial charge in [-0.3, -0.25) is 18.9 Å². The molecule has 3 saturated carbocycles. The van der Waals surface area contributed by atoms with Crippen LogP contribution in [0.5, 0.6) is 0 Å². The lowest BCUT2D eigenvalue weighted by Crippen LogP contribution is -2.62. The number of unbranched alkanes of at least 4 members (excludes halogenated alkanes) is 1. The summed E-state index contributed by atoms with van der Waals surface area (Å²) < 4.78 is 20.9. The Bertz CT molecular complexity index is 1110. The summed E-state index contributed by atoms with van der Waals surface area (Å²) in [6, 6.07) is 0. The molecule has 4 aliphatic carbocycles. The van der Waals surface area contributed by atoms with Crippen LogP contribution in [0.25, 0.3) is 0 Å². The van der Waals surface area contributed by atoms with E-state index in [1.807, 2.05) is 13.8 Å². The fourth-order valence-corrected chi connectivity index (χ4v) is 8.23. The Kier molecular flexibility index (Phi) is 7.97. The van der Waals surface area contributed by atoms with Crippen molar-refractivity contribution in [3.63, 3.8) is 0 Å². The number of Topliss-reactive ketones (excluding diaryl/α,β-unsaturated/α-hetero) is 1. The average molecular weight is 557 g/mol. The standard InChI is InChI=1S/C26H37O11P/c1-24-13-19(29)23-17(18(24)8-9-26(24,32)20(30)14-27)7-6-15-11-16(28)12-21(25(15,23)2)37-22(31)5-3-4-10-36-38(33,34)35/h11-12,17-19,23,27,29,32H,3-10,13-14H2,1-2H3,(H2,33,34,35)/t17-,18-,19-,23+,24-,25+,26-/m0/s1. The van der Waals surface area contributed by atoms with E-state index >= 15 is 0 Å². The van der Waals surface area contributed by atoms with Gasteiger partial charge in [-0.25, -0.2) is 4.57 Å². The number of hydrogen-bond donors (Lipinski definition) is 5. The van der Waals surface area contributed by atoms with Gasteiger partial charge >= 0.3 is 13.8 Å². The summed E-state index contributed by atoms with van der Waals surface area (Å²) in [5, 5.41) is 32.4. The van der Waals surface area contributed by atoms with Gasteiger partial charge in [0.15, 0.2) is 11.6 Å². The molecule has 0 unspecified atom stereocenters. The molecule has 0 amide bonds. The number of hydrogen-bond acceptors (Lipinski definition) is 9. The quantitative estimate of drug-likeness (QED) is 0.158. The first kappa shape index (κ1) is 29.3. The summed E-state index contributed by atoms with van der Waals surface area (Å²) in [4.78, 5) is 55.3. The van der Waals surface area contributed by atoms with Crippen molar-refractivity contribution in [2.24, 2.45) is 28.6 Å². The third kappa shape index (κ3) is 4.87. The molecular weight excluding hydrogens is 519 g/mol. The molecule has 0 radical (unpaired) electrons. The molecule has 0 aromatic rings. The van der Waals surface area contributed by atoms with Crippen molar-refractivity contribution in [1.29, 1.82) is 0 Å². The zero-order chi connectivity index (χ0) is 28.1. The topological polar surface area (TPSA) is 188 Å². The van der Waals surface area contributed by atoms with Crippen LogP contribution in [0, 0.1) is 28.6 Å². The van der Waals surface area contributed by atoms with Crippen molar-refractivity contribution >= 4 is 25.4 Å². The first-order valence-corrected chi connectivity index (χ1v) is 14.6. The van der Waals surface area contributed by atoms with Crippen LogP contribution in [-0.4, -0.2) is 67.6 Å². The number of carbonyl (C=O) groups excluding carboxylic acids is 3. The fourth-order valence-electron chi connectivity index (χ4n) is 7.86. The molecule has 4 aliphatic rings. The van der Waals surface area contributed by atoms with Gasteiger partial charge in [0.05, 0.1) is 18.1 Å². The Balaban J connectivity index is 1.55. The van der Waals surface area contributed by atoms with E-state index in [1.54, 1.807) is 0 Å². The number of aliphatic hydroxyl groups excluding tert-OH is 2. The summed E-state index contributed by atoms with van der Waals surface area (Å²) >= 11 is 0. The Labute approximate surface area is 221 Å². The van der Waals surface area contributed by atoms with Crippen LogP contribution in [0.3, 0.4) is 0 Å². The fraction of sp³-hybridized carbons (Fsp3) is 0.731. The summed E-state index contributed by atoms with van der Waals surface area (Å²) in [6.07, 6.45) is 4.32. The molecule has 7 atom stereocenters. The van der Waals surface area contributed by atoms with Gasteiger partial charge < -0.3 is 29.8 Å². The molecule has 3 fully saturated rings. The number of aliphatic hydroxyl groups is 3. The maximum Gasteiger partial charge on any atom is 0.469 e. The number of ether oxygens (including phenoxy) is 1. The highest BCUT2D eigenvalue weighted by Gasteiger charge is 2.69. The van der Waals surface area contributed by atoms with Crippen molar-refractivity contribution in [3.05, 3.63) is 23.5 Å². The molecule has 0 bridgehead atoms. The molecule has 0 saturated heterocycles. The minimum absolute atomic E-state index is 0.0567. The summed E-state index contributed by atoms with van der Waals surface area (Å²) in [5.74, 6) is -2.05. The van der Waals surface area contributed by atoms with E-state index in [1.165, 1.54) is 12.2 Å². The Hall–Kier alpha value is -1.72. The molecule has 0 aromatic heterocycles. The summed E-state index contributed by atoms with van der Waals surface area (Å²) in [7, 11) is -4.58. The van der Waals surface area contributed by atoms with E-state index < -0.39 is 54.6 Å². The number of rotatable bonds is 9. The van der Waals surface area contributed by atoms with E-state index in [4.69, 9.17) is 14.5 Å². The zero-order valence-corrected chi connectivity index (χ0v) is 22.6. The molecule has 0 heterocycles. The third-order valence-electron chi connectivity index (χ3n) is 9.65. The lowest BCUT2D eigenvalue weighted by Gasteiger charge is -2.60. The second kappa shape index (κ2) is 10.4. The van der Waals surface area contributed by atoms with Crippen LogP contribution in [0.15, 0.2) is 23.5 Å². The van der Waals surface area contributed by atoms with E-state index in [2.05, 4.69) is 4.52 Å². The highest BCUT2D eigenvalue weighted by molar-refractivity contribution is 7.46. The van der Waals surface area contributed by atoms with E-state index in [-0.39, 0.29) is 62.1 Å². The molecule has 4 rings (SSSR count). The van der Waals surface area contributed by atoms with Gasteiger partial charge in [-0.05, 0) is 69.8 Å². The minimum Gasteiger partial charge on any atom is -0.430 e. The van der Waals surface area contributed by atoms with Gasteiger partial charge in [0.2, 0.25) is 0 Å². The second-order valence-electron chi connectivity index (χ2n) is 11.5. The van der Waals surface area contributed by atoms with Crippen LogP contribution in [0.1, 0.15) is 65.2 Å². The molecule has 212 valence electrons. The van der Waals surface area contributed by atoms with Gasteiger partial charge in [0, 0.05) is 23.8 Å². The van der Waals surface area contributed by atoms with Crippen LogP contribution >= 0.6 is 7.82 Å². The first-order valence-electron chi connectivity index (χ1n) is 13.1. The number of phosphoric ester groups is 1. The van der Waals surface area contributed by atoms with Crippen LogP contribution in [-0.2, 0) is 28.2 Å². The summed E-state index contributed by atoms with van der Waals surface area (Å²) in [6.45, 7) is 2.68. The van der Waals surface area contributed by atoms with E-state index in [9.17, 15) is 34.3 Å². The van der Waals surface area contributed by atoms with Crippen LogP contribution in [0.2, 0.25) is 0 Å². The van der Waals surface area contributed by atoms with E-state index in [0.29, 0.717) is 19.3 Å². The zero-order valence-electron chi connectivity index (χ0n) is 21.7. The van der Waals surface area contributed by atoms with Crippen molar-refractivity contribution in [2.45, 2.75) is 76.9 Å². The normalized spacial score (nSPS) is 38.4. The van der Waals surface area contributed by atoms with Gasteiger partial charge in [0.1, 0.15) is 18.0 Å². The lowest BCUT2D eigenvalue weighted by molar-refractivity contribution is -0.182. The minimum atomic E-state index is -4.58. The first-order chi connectivity index (χ1) is 17.7. The van der Waals surface area contributed by atoms with Crippen LogP contribution < -0.4 is 0 Å². The van der Waals surface area contributed by atoms with Gasteiger partial charge in [-0.15, -0.1) is 0 Å². The van der Waals surface area contributed by atoms with E-state index in [0.717, 1.165) is 5.57 Å². The van der Waals surface area contributed by atoms with Crippen LogP contribution in [0.4, 0.5) is 0 Å². The molecule has 0 spiro atoms. The Morgan fingerprint density at radius 2 is 1.87 bits per heavy atom. The smallest absolute Gasteiger partial charge is 0.430 e. The largest absolute Gasteiger partial charge is 0.469 e. The van der Waals surface area contributed by atoms with Crippen molar-refractivity contribution in [2.75, 3.05) is 13.2 Å². The average Bonchev–Trinajstić information content (AvgIpc) is 3.09. The Morgan fingerprint density at radius 1 is 1.16 bits per heavy atom.